The van der Waals surface area contributed by atoms with Crippen molar-refractivity contribution in [2.24, 2.45) is 0 Å². The Balaban J connectivity index is 0.000000956. The van der Waals surface area contributed by atoms with E-state index in [1.807, 2.05) is 32.1 Å². The second kappa shape index (κ2) is 8.14. The molecule has 1 aliphatic heterocycles. The highest BCUT2D eigenvalue weighted by molar-refractivity contribution is 5.97. The smallest absolute Gasteiger partial charge is 0.415 e. The predicted octanol–water partition coefficient (Wildman–Crippen LogP) is 1.86. The van der Waals surface area contributed by atoms with Crippen LogP contribution in [0.3, 0.4) is 0 Å². The molecule has 0 bridgehead atoms. The molecule has 1 N–H and O–H groups in total. The van der Waals surface area contributed by atoms with Gasteiger partial charge in [-0.05, 0) is 18.4 Å². The first-order valence-corrected chi connectivity index (χ1v) is 6.68. The van der Waals surface area contributed by atoms with Gasteiger partial charge in [0.1, 0.15) is 12.6 Å². The summed E-state index contributed by atoms with van der Waals surface area (Å²) in [6.07, 6.45) is 6.82. The largest absolute Gasteiger partial charge is 0.461 e. The minimum atomic E-state index is -0.930. The molecular weight excluding hydrogens is 262 g/mol. The van der Waals surface area contributed by atoms with Crippen molar-refractivity contribution in [1.82, 2.24) is 5.32 Å². The van der Waals surface area contributed by atoms with Crippen molar-refractivity contribution in [1.29, 1.82) is 0 Å². The van der Waals surface area contributed by atoms with Crippen LogP contribution in [0.4, 0.5) is 4.79 Å². The summed E-state index contributed by atoms with van der Waals surface area (Å²) >= 11 is 0. The molecule has 6 nitrogen and oxygen atoms in total. The van der Waals surface area contributed by atoms with E-state index in [1.54, 1.807) is 0 Å². The molecular formula is C14H19NO5. The van der Waals surface area contributed by atoms with Crippen LogP contribution in [0.5, 0.6) is 0 Å². The molecule has 0 radical (unpaired) electrons. The molecule has 1 amide bonds. The molecule has 0 aromatic carbocycles. The number of alkyl carbamates (subject to hydrolysis) is 1. The topological polar surface area (TPSA) is 81.7 Å². The van der Waals surface area contributed by atoms with E-state index in [-0.39, 0.29) is 13.0 Å². The zero-order chi connectivity index (χ0) is 15.0. The second-order valence-corrected chi connectivity index (χ2v) is 4.03. The second-order valence-electron chi connectivity index (χ2n) is 4.03. The van der Waals surface area contributed by atoms with E-state index in [0.717, 1.165) is 18.4 Å². The number of esters is 2. The molecule has 2 rings (SSSR count). The molecule has 0 saturated carbocycles. The van der Waals surface area contributed by atoms with Crippen LogP contribution in [0.25, 0.3) is 0 Å². The fraction of sp³-hybridized carbons (Fsp3) is 0.500. The van der Waals surface area contributed by atoms with Gasteiger partial charge in [0.2, 0.25) is 0 Å². The molecule has 110 valence electrons. The van der Waals surface area contributed by atoms with Gasteiger partial charge in [-0.3, -0.25) is 4.79 Å². The first-order chi connectivity index (χ1) is 9.65. The van der Waals surface area contributed by atoms with Crippen molar-refractivity contribution in [2.45, 2.75) is 39.2 Å². The van der Waals surface area contributed by atoms with Gasteiger partial charge in [-0.25, -0.2) is 9.59 Å². The third kappa shape index (κ3) is 4.87. The molecule has 1 heterocycles. The quantitative estimate of drug-likeness (QED) is 0.628. The highest BCUT2D eigenvalue weighted by Crippen LogP contribution is 2.11. The molecule has 1 unspecified atom stereocenters. The number of rotatable bonds is 4. The number of ether oxygens (including phenoxy) is 2. The van der Waals surface area contributed by atoms with E-state index >= 15 is 0 Å². The van der Waals surface area contributed by atoms with E-state index in [2.05, 4.69) is 10.1 Å². The van der Waals surface area contributed by atoms with Crippen molar-refractivity contribution in [3.8, 4) is 0 Å². The normalized spacial score (nSPS) is 20.3. The number of carbonyl (C=O) groups is 3. The minimum absolute atomic E-state index is 0.186. The van der Waals surface area contributed by atoms with Crippen molar-refractivity contribution < 1.29 is 23.9 Å². The zero-order valence-corrected chi connectivity index (χ0v) is 11.7. The van der Waals surface area contributed by atoms with Gasteiger partial charge in [-0.15, -0.1) is 0 Å². The van der Waals surface area contributed by atoms with Crippen molar-refractivity contribution >= 4 is 18.0 Å². The van der Waals surface area contributed by atoms with Crippen LogP contribution in [0, 0.1) is 0 Å². The van der Waals surface area contributed by atoms with Gasteiger partial charge in [0.25, 0.3) is 0 Å². The standard InChI is InChI=1S/C12H13NO5.C2H6/c14-10(6-9-11(15)18-12(16)13-9)17-7-8-4-2-1-3-5-8;1-2/h2,4-5,9H,1,3,6-7H2,(H,13,16);1-2H3. The van der Waals surface area contributed by atoms with Gasteiger partial charge < -0.3 is 14.8 Å². The molecule has 1 aliphatic carbocycles. The lowest BCUT2D eigenvalue weighted by molar-refractivity contribution is -0.146. The summed E-state index contributed by atoms with van der Waals surface area (Å²) in [7, 11) is 0. The maximum atomic E-state index is 11.5. The SMILES string of the molecule is CC.O=C(CC1NC(=O)OC1=O)OCC1=CCCC=C1. The molecule has 0 aromatic heterocycles. The Morgan fingerprint density at radius 2 is 2.15 bits per heavy atom. The Morgan fingerprint density at radius 1 is 1.40 bits per heavy atom. The van der Waals surface area contributed by atoms with Crippen LogP contribution in [0.15, 0.2) is 23.8 Å². The minimum Gasteiger partial charge on any atom is -0.461 e. The third-order valence-corrected chi connectivity index (χ3v) is 2.61. The molecule has 1 saturated heterocycles. The van der Waals surface area contributed by atoms with Crippen molar-refractivity contribution in [3.63, 3.8) is 0 Å². The van der Waals surface area contributed by atoms with Crippen LogP contribution in [-0.2, 0) is 19.1 Å². The number of nitrogens with one attached hydrogen (secondary N) is 1. The van der Waals surface area contributed by atoms with Crippen LogP contribution >= 0.6 is 0 Å². The molecule has 0 spiro atoms. The number of amides is 1. The van der Waals surface area contributed by atoms with Gasteiger partial charge in [0, 0.05) is 0 Å². The fourth-order valence-corrected chi connectivity index (χ4v) is 1.69. The van der Waals surface area contributed by atoms with E-state index in [4.69, 9.17) is 4.74 Å². The van der Waals surface area contributed by atoms with Gasteiger partial charge >= 0.3 is 18.0 Å². The maximum Gasteiger partial charge on any atom is 0.415 e. The maximum absolute atomic E-state index is 11.5. The van der Waals surface area contributed by atoms with Crippen LogP contribution in [0.1, 0.15) is 33.1 Å². The molecule has 20 heavy (non-hydrogen) atoms. The number of carbonyl (C=O) groups excluding carboxylic acids is 3. The summed E-state index contributed by atoms with van der Waals surface area (Å²) in [5.74, 6) is -1.28. The Hall–Kier alpha value is -2.11. The van der Waals surface area contributed by atoms with E-state index in [1.165, 1.54) is 0 Å². The number of cyclic esters (lactones) is 2. The average Bonchev–Trinajstić information content (AvgIpc) is 2.78. The van der Waals surface area contributed by atoms with E-state index in [0.29, 0.717) is 0 Å². The highest BCUT2D eigenvalue weighted by Gasteiger charge is 2.34. The summed E-state index contributed by atoms with van der Waals surface area (Å²) in [6.45, 7) is 4.19. The predicted molar refractivity (Wildman–Crippen MR) is 71.8 cm³/mol. The fourth-order valence-electron chi connectivity index (χ4n) is 1.69. The summed E-state index contributed by atoms with van der Waals surface area (Å²) in [6, 6.07) is -0.930. The molecule has 6 heteroatoms. The summed E-state index contributed by atoms with van der Waals surface area (Å²) in [5.41, 5.74) is 0.938. The van der Waals surface area contributed by atoms with Crippen LogP contribution in [-0.4, -0.2) is 30.7 Å². The Labute approximate surface area is 117 Å². The first kappa shape index (κ1) is 15.9. The van der Waals surface area contributed by atoms with Crippen LogP contribution < -0.4 is 5.32 Å². The molecule has 1 fully saturated rings. The lowest BCUT2D eigenvalue weighted by atomic mass is 10.1. The van der Waals surface area contributed by atoms with Crippen molar-refractivity contribution in [3.05, 3.63) is 23.8 Å². The van der Waals surface area contributed by atoms with Crippen LogP contribution in [0.2, 0.25) is 0 Å². The van der Waals surface area contributed by atoms with Gasteiger partial charge in [-0.1, -0.05) is 32.1 Å². The van der Waals surface area contributed by atoms with Crippen molar-refractivity contribution in [2.75, 3.05) is 6.61 Å². The summed E-state index contributed by atoms with van der Waals surface area (Å²) in [5, 5.41) is 2.23. The van der Waals surface area contributed by atoms with Gasteiger partial charge in [0.05, 0.1) is 6.42 Å². The monoisotopic (exact) mass is 281 g/mol. The lowest BCUT2D eigenvalue weighted by Crippen LogP contribution is -2.32. The Morgan fingerprint density at radius 3 is 2.70 bits per heavy atom. The molecule has 2 aliphatic rings. The lowest BCUT2D eigenvalue weighted by Gasteiger charge is -2.09. The number of allylic oxidation sites excluding steroid dienone is 2. The number of hydrogen-bond acceptors (Lipinski definition) is 5. The Kier molecular flexibility index (Phi) is 6.49. The van der Waals surface area contributed by atoms with E-state index in [9.17, 15) is 14.4 Å². The van der Waals surface area contributed by atoms with E-state index < -0.39 is 24.1 Å². The van der Waals surface area contributed by atoms with Gasteiger partial charge in [-0.2, -0.15) is 0 Å². The summed E-state index contributed by atoms with van der Waals surface area (Å²) < 4.78 is 9.26. The molecule has 1 atom stereocenters. The van der Waals surface area contributed by atoms with Gasteiger partial charge in [0.15, 0.2) is 0 Å². The molecule has 0 aromatic rings. The Bertz CT molecular complexity index is 439. The average molecular weight is 281 g/mol. The zero-order valence-electron chi connectivity index (χ0n) is 11.7. The first-order valence-electron chi connectivity index (χ1n) is 6.68. The third-order valence-electron chi connectivity index (χ3n) is 2.61. The summed E-state index contributed by atoms with van der Waals surface area (Å²) in [4.78, 5) is 33.3. The highest BCUT2D eigenvalue weighted by atomic mass is 16.6. The number of hydrogen-bond donors (Lipinski definition) is 1.